The van der Waals surface area contributed by atoms with Gasteiger partial charge in [-0.05, 0) is 18.1 Å². The number of hydrogen-bond acceptors (Lipinski definition) is 3. The summed E-state index contributed by atoms with van der Waals surface area (Å²) in [6, 6.07) is 6.21. The number of amides is 1. The molecule has 1 N–H and O–H groups in total. The Morgan fingerprint density at radius 2 is 2.00 bits per heavy atom. The fourth-order valence-electron chi connectivity index (χ4n) is 1.94. The lowest BCUT2D eigenvalue weighted by Gasteiger charge is -2.12. The van der Waals surface area contributed by atoms with Crippen LogP contribution in [-0.2, 0) is 12.6 Å². The van der Waals surface area contributed by atoms with E-state index in [4.69, 9.17) is 4.52 Å². The van der Waals surface area contributed by atoms with Crippen LogP contribution >= 0.6 is 0 Å². The average molecular weight is 312 g/mol. The molecule has 0 spiro atoms. The van der Waals surface area contributed by atoms with Crippen molar-refractivity contribution in [3.63, 3.8) is 0 Å². The molecule has 1 aromatic carbocycles. The molecule has 0 aliphatic carbocycles. The number of benzene rings is 1. The van der Waals surface area contributed by atoms with Gasteiger partial charge in [-0.3, -0.25) is 4.79 Å². The van der Waals surface area contributed by atoms with E-state index in [-0.39, 0.29) is 11.4 Å². The highest BCUT2D eigenvalue weighted by molar-refractivity contribution is 6.03. The molecule has 0 atom stereocenters. The van der Waals surface area contributed by atoms with Gasteiger partial charge in [0.25, 0.3) is 5.91 Å². The van der Waals surface area contributed by atoms with E-state index in [1.54, 1.807) is 0 Å². The van der Waals surface area contributed by atoms with Gasteiger partial charge < -0.3 is 9.84 Å². The lowest BCUT2D eigenvalue weighted by molar-refractivity contribution is -0.136. The monoisotopic (exact) mass is 312 g/mol. The molecule has 118 valence electrons. The molecule has 4 nitrogen and oxygen atoms in total. The van der Waals surface area contributed by atoms with E-state index in [9.17, 15) is 18.0 Å². The molecular formula is C15H15F3N2O2. The number of anilines is 1. The van der Waals surface area contributed by atoms with Gasteiger partial charge in [-0.25, -0.2) is 0 Å². The summed E-state index contributed by atoms with van der Waals surface area (Å²) in [6.45, 7) is 3.95. The van der Waals surface area contributed by atoms with E-state index in [0.29, 0.717) is 18.1 Å². The van der Waals surface area contributed by atoms with Gasteiger partial charge in [0.05, 0.1) is 11.3 Å². The van der Waals surface area contributed by atoms with Crippen molar-refractivity contribution in [2.24, 2.45) is 5.92 Å². The van der Waals surface area contributed by atoms with Crippen molar-refractivity contribution in [1.29, 1.82) is 0 Å². The largest absolute Gasteiger partial charge is 0.418 e. The number of alkyl halides is 3. The van der Waals surface area contributed by atoms with Gasteiger partial charge >= 0.3 is 6.18 Å². The minimum Gasteiger partial charge on any atom is -0.361 e. The molecule has 2 aromatic rings. The molecule has 7 heteroatoms. The summed E-state index contributed by atoms with van der Waals surface area (Å²) >= 11 is 0. The number of nitrogens with one attached hydrogen (secondary N) is 1. The first-order valence-corrected chi connectivity index (χ1v) is 6.70. The van der Waals surface area contributed by atoms with Crippen molar-refractivity contribution in [3.05, 3.63) is 47.3 Å². The summed E-state index contributed by atoms with van der Waals surface area (Å²) in [4.78, 5) is 12.0. The quantitative estimate of drug-likeness (QED) is 0.923. The number of carbonyl (C=O) groups is 1. The highest BCUT2D eigenvalue weighted by Gasteiger charge is 2.33. The molecule has 1 heterocycles. The SMILES string of the molecule is CC(C)Cc1cc(C(=O)Nc2ccccc2C(F)(F)F)no1. The zero-order chi connectivity index (χ0) is 16.3. The first kappa shape index (κ1) is 16.1. The normalized spacial score (nSPS) is 11.7. The second-order valence-corrected chi connectivity index (χ2v) is 5.27. The molecule has 2 rings (SSSR count). The molecule has 0 saturated heterocycles. The van der Waals surface area contributed by atoms with Crippen LogP contribution in [0.3, 0.4) is 0 Å². The van der Waals surface area contributed by atoms with Crippen LogP contribution in [0.15, 0.2) is 34.9 Å². The molecule has 0 aliphatic heterocycles. The number of para-hydroxylation sites is 1. The zero-order valence-electron chi connectivity index (χ0n) is 12.1. The van der Waals surface area contributed by atoms with E-state index in [1.807, 2.05) is 13.8 Å². The maximum absolute atomic E-state index is 12.9. The number of carbonyl (C=O) groups excluding carboxylic acids is 1. The maximum atomic E-state index is 12.9. The molecule has 0 aliphatic rings. The Labute approximate surface area is 125 Å². The average Bonchev–Trinajstić information content (AvgIpc) is 2.86. The summed E-state index contributed by atoms with van der Waals surface area (Å²) in [6.07, 6.45) is -3.95. The smallest absolute Gasteiger partial charge is 0.361 e. The van der Waals surface area contributed by atoms with Gasteiger partial charge in [0.1, 0.15) is 5.76 Å². The minimum atomic E-state index is -4.55. The molecular weight excluding hydrogens is 297 g/mol. The first-order valence-electron chi connectivity index (χ1n) is 6.70. The number of nitrogens with zero attached hydrogens (tertiary/aromatic N) is 1. The van der Waals surface area contributed by atoms with E-state index in [0.717, 1.165) is 6.07 Å². The van der Waals surface area contributed by atoms with Gasteiger partial charge in [0.2, 0.25) is 0 Å². The Bertz CT molecular complexity index is 663. The van der Waals surface area contributed by atoms with E-state index < -0.39 is 17.6 Å². The van der Waals surface area contributed by atoms with E-state index >= 15 is 0 Å². The van der Waals surface area contributed by atoms with Gasteiger partial charge in [-0.15, -0.1) is 0 Å². The lowest BCUT2D eigenvalue weighted by atomic mass is 10.1. The Hall–Kier alpha value is -2.31. The number of aromatic nitrogens is 1. The van der Waals surface area contributed by atoms with Crippen LogP contribution in [0.25, 0.3) is 0 Å². The van der Waals surface area contributed by atoms with Crippen LogP contribution in [0.5, 0.6) is 0 Å². The summed E-state index contributed by atoms with van der Waals surface area (Å²) in [5.74, 6) is 0.0922. The Balaban J connectivity index is 2.18. The van der Waals surface area contributed by atoms with Crippen molar-refractivity contribution < 1.29 is 22.5 Å². The number of hydrogen-bond donors (Lipinski definition) is 1. The van der Waals surface area contributed by atoms with Crippen LogP contribution in [0, 0.1) is 5.92 Å². The van der Waals surface area contributed by atoms with Gasteiger partial charge in [-0.1, -0.05) is 31.1 Å². The van der Waals surface area contributed by atoms with Crippen LogP contribution in [0.1, 0.15) is 35.7 Å². The molecule has 1 aromatic heterocycles. The van der Waals surface area contributed by atoms with Crippen molar-refractivity contribution in [2.45, 2.75) is 26.4 Å². The van der Waals surface area contributed by atoms with Crippen LogP contribution in [0.2, 0.25) is 0 Å². The fraction of sp³-hybridized carbons (Fsp3) is 0.333. The van der Waals surface area contributed by atoms with Crippen LogP contribution in [0.4, 0.5) is 18.9 Å². The Morgan fingerprint density at radius 3 is 2.64 bits per heavy atom. The predicted octanol–water partition coefficient (Wildman–Crippen LogP) is 4.14. The lowest BCUT2D eigenvalue weighted by Crippen LogP contribution is -2.16. The predicted molar refractivity (Wildman–Crippen MR) is 74.4 cm³/mol. The van der Waals surface area contributed by atoms with Crippen molar-refractivity contribution >= 4 is 11.6 Å². The van der Waals surface area contributed by atoms with Crippen molar-refractivity contribution in [1.82, 2.24) is 5.16 Å². The minimum absolute atomic E-state index is 0.0485. The van der Waals surface area contributed by atoms with Gasteiger partial charge in [0, 0.05) is 12.5 Å². The molecule has 0 fully saturated rings. The van der Waals surface area contributed by atoms with E-state index in [2.05, 4.69) is 10.5 Å². The summed E-state index contributed by atoms with van der Waals surface area (Å²) in [5, 5.41) is 5.81. The Morgan fingerprint density at radius 1 is 1.32 bits per heavy atom. The van der Waals surface area contributed by atoms with Crippen molar-refractivity contribution in [2.75, 3.05) is 5.32 Å². The summed E-state index contributed by atoms with van der Waals surface area (Å²) < 4.78 is 43.6. The molecule has 0 saturated carbocycles. The van der Waals surface area contributed by atoms with Crippen LogP contribution in [-0.4, -0.2) is 11.1 Å². The summed E-state index contributed by atoms with van der Waals surface area (Å²) in [7, 11) is 0. The molecule has 0 unspecified atom stereocenters. The third kappa shape index (κ3) is 3.87. The van der Waals surface area contributed by atoms with Gasteiger partial charge in [0.15, 0.2) is 5.69 Å². The molecule has 0 radical (unpaired) electrons. The zero-order valence-corrected chi connectivity index (χ0v) is 12.1. The highest BCUT2D eigenvalue weighted by Crippen LogP contribution is 2.34. The number of rotatable bonds is 4. The topological polar surface area (TPSA) is 55.1 Å². The van der Waals surface area contributed by atoms with Crippen LogP contribution < -0.4 is 5.32 Å². The maximum Gasteiger partial charge on any atom is 0.418 e. The fourth-order valence-corrected chi connectivity index (χ4v) is 1.94. The number of halogens is 3. The molecule has 1 amide bonds. The second-order valence-electron chi connectivity index (χ2n) is 5.27. The third-order valence-corrected chi connectivity index (χ3v) is 2.88. The second kappa shape index (κ2) is 6.21. The molecule has 0 bridgehead atoms. The summed E-state index contributed by atoms with van der Waals surface area (Å²) in [5.41, 5.74) is -1.27. The van der Waals surface area contributed by atoms with E-state index in [1.165, 1.54) is 24.3 Å². The Kier molecular flexibility index (Phi) is 4.54. The third-order valence-electron chi connectivity index (χ3n) is 2.88. The standard InChI is InChI=1S/C15H15F3N2O2/c1-9(2)7-10-8-13(20-22-10)14(21)19-12-6-4-3-5-11(12)15(16,17)18/h3-6,8-9H,7H2,1-2H3,(H,19,21). The van der Waals surface area contributed by atoms with Crippen molar-refractivity contribution in [3.8, 4) is 0 Å². The highest BCUT2D eigenvalue weighted by atomic mass is 19.4. The van der Waals surface area contributed by atoms with Gasteiger partial charge in [-0.2, -0.15) is 13.2 Å². The first-order chi connectivity index (χ1) is 10.3. The molecule has 22 heavy (non-hydrogen) atoms.